The molecule has 4 nitrogen and oxygen atoms in total. The van der Waals surface area contributed by atoms with Crippen LogP contribution < -0.4 is 5.32 Å². The SMILES string of the molecule is Cc1cc(C)cc(C(=O)NCC(=O)N(C)Cc2ccccc2Br)c1. The van der Waals surface area contributed by atoms with Crippen molar-refractivity contribution in [3.05, 3.63) is 69.2 Å². The first-order valence-electron chi connectivity index (χ1n) is 7.70. The lowest BCUT2D eigenvalue weighted by Gasteiger charge is -2.18. The number of benzene rings is 2. The Labute approximate surface area is 151 Å². The molecule has 0 bridgehead atoms. The quantitative estimate of drug-likeness (QED) is 0.852. The summed E-state index contributed by atoms with van der Waals surface area (Å²) in [7, 11) is 1.73. The molecule has 24 heavy (non-hydrogen) atoms. The summed E-state index contributed by atoms with van der Waals surface area (Å²) in [4.78, 5) is 26.0. The molecular weight excluding hydrogens is 368 g/mol. The lowest BCUT2D eigenvalue weighted by Crippen LogP contribution is -2.37. The maximum absolute atomic E-state index is 12.2. The van der Waals surface area contributed by atoms with Crippen molar-refractivity contribution in [3.63, 3.8) is 0 Å². The Kier molecular flexibility index (Phi) is 6.15. The van der Waals surface area contributed by atoms with Gasteiger partial charge in [-0.1, -0.05) is 51.3 Å². The summed E-state index contributed by atoms with van der Waals surface area (Å²) >= 11 is 3.47. The summed E-state index contributed by atoms with van der Waals surface area (Å²) in [5.74, 6) is -0.368. The zero-order valence-corrected chi connectivity index (χ0v) is 15.7. The molecule has 0 unspecified atom stereocenters. The van der Waals surface area contributed by atoms with Gasteiger partial charge in [0.25, 0.3) is 5.91 Å². The molecule has 0 aliphatic carbocycles. The van der Waals surface area contributed by atoms with E-state index in [0.717, 1.165) is 21.2 Å². The van der Waals surface area contributed by atoms with Crippen molar-refractivity contribution in [3.8, 4) is 0 Å². The minimum absolute atomic E-state index is 0.0211. The zero-order chi connectivity index (χ0) is 17.7. The van der Waals surface area contributed by atoms with Crippen LogP contribution in [0.1, 0.15) is 27.0 Å². The van der Waals surface area contributed by atoms with Crippen LogP contribution >= 0.6 is 15.9 Å². The van der Waals surface area contributed by atoms with Crippen molar-refractivity contribution >= 4 is 27.7 Å². The van der Waals surface area contributed by atoms with Crippen LogP contribution in [-0.4, -0.2) is 30.3 Å². The number of hydrogen-bond acceptors (Lipinski definition) is 2. The van der Waals surface area contributed by atoms with Crippen molar-refractivity contribution < 1.29 is 9.59 Å². The Balaban J connectivity index is 1.92. The Hall–Kier alpha value is -2.14. The van der Waals surface area contributed by atoms with E-state index in [1.807, 2.05) is 56.3 Å². The first-order valence-corrected chi connectivity index (χ1v) is 8.50. The van der Waals surface area contributed by atoms with E-state index in [1.54, 1.807) is 11.9 Å². The number of likely N-dealkylation sites (N-methyl/N-ethyl adjacent to an activating group) is 1. The second-order valence-corrected chi connectivity index (χ2v) is 6.75. The maximum Gasteiger partial charge on any atom is 0.251 e. The van der Waals surface area contributed by atoms with E-state index < -0.39 is 0 Å². The van der Waals surface area contributed by atoms with Crippen molar-refractivity contribution in [2.45, 2.75) is 20.4 Å². The second-order valence-electron chi connectivity index (χ2n) is 5.90. The molecule has 0 aromatic heterocycles. The summed E-state index contributed by atoms with van der Waals surface area (Å²) in [6, 6.07) is 13.4. The van der Waals surface area contributed by atoms with Crippen LogP contribution in [-0.2, 0) is 11.3 Å². The number of hydrogen-bond donors (Lipinski definition) is 1. The van der Waals surface area contributed by atoms with Gasteiger partial charge in [0.1, 0.15) is 0 Å². The fourth-order valence-corrected chi connectivity index (χ4v) is 2.88. The Bertz CT molecular complexity index is 739. The number of nitrogens with zero attached hydrogens (tertiary/aromatic N) is 1. The topological polar surface area (TPSA) is 49.4 Å². The molecule has 126 valence electrons. The number of carbonyl (C=O) groups is 2. The molecule has 0 aliphatic heterocycles. The lowest BCUT2D eigenvalue weighted by atomic mass is 10.1. The van der Waals surface area contributed by atoms with E-state index in [4.69, 9.17) is 0 Å². The molecule has 0 aliphatic rings. The third-order valence-electron chi connectivity index (χ3n) is 3.68. The van der Waals surface area contributed by atoms with Gasteiger partial charge in [0.2, 0.25) is 5.91 Å². The molecule has 0 fully saturated rings. The monoisotopic (exact) mass is 388 g/mol. The highest BCUT2D eigenvalue weighted by atomic mass is 79.9. The van der Waals surface area contributed by atoms with Crippen LogP contribution in [0.4, 0.5) is 0 Å². The smallest absolute Gasteiger partial charge is 0.251 e. The molecule has 5 heteroatoms. The minimum atomic E-state index is -0.232. The van der Waals surface area contributed by atoms with Gasteiger partial charge in [0.15, 0.2) is 0 Å². The molecular formula is C19H21BrN2O2. The molecule has 1 N–H and O–H groups in total. The van der Waals surface area contributed by atoms with Crippen LogP contribution in [0, 0.1) is 13.8 Å². The molecule has 2 aromatic carbocycles. The zero-order valence-electron chi connectivity index (χ0n) is 14.1. The molecule has 2 rings (SSSR count). The molecule has 2 amide bonds. The number of amides is 2. The standard InChI is InChI=1S/C19H21BrN2O2/c1-13-8-14(2)10-16(9-13)19(24)21-11-18(23)22(3)12-15-6-4-5-7-17(15)20/h4-10H,11-12H2,1-3H3,(H,21,24). The van der Waals surface area contributed by atoms with E-state index >= 15 is 0 Å². The highest BCUT2D eigenvalue weighted by Gasteiger charge is 2.13. The fraction of sp³-hybridized carbons (Fsp3) is 0.263. The van der Waals surface area contributed by atoms with Gasteiger partial charge in [-0.05, 0) is 37.6 Å². The van der Waals surface area contributed by atoms with Gasteiger partial charge >= 0.3 is 0 Å². The van der Waals surface area contributed by atoms with E-state index in [-0.39, 0.29) is 18.4 Å². The van der Waals surface area contributed by atoms with Crippen LogP contribution in [0.3, 0.4) is 0 Å². The van der Waals surface area contributed by atoms with Gasteiger partial charge in [0.05, 0.1) is 6.54 Å². The molecule has 0 spiro atoms. The van der Waals surface area contributed by atoms with Gasteiger partial charge in [-0.25, -0.2) is 0 Å². The van der Waals surface area contributed by atoms with E-state index in [2.05, 4.69) is 21.2 Å². The van der Waals surface area contributed by atoms with Gasteiger partial charge < -0.3 is 10.2 Å². The van der Waals surface area contributed by atoms with Crippen LogP contribution in [0.2, 0.25) is 0 Å². The predicted octanol–water partition coefficient (Wildman–Crippen LogP) is 3.45. The summed E-state index contributed by atoms with van der Waals surface area (Å²) in [6.07, 6.45) is 0. The Morgan fingerprint density at radius 3 is 2.33 bits per heavy atom. The predicted molar refractivity (Wildman–Crippen MR) is 98.9 cm³/mol. The van der Waals surface area contributed by atoms with Gasteiger partial charge in [-0.3, -0.25) is 9.59 Å². The van der Waals surface area contributed by atoms with Crippen LogP contribution in [0.5, 0.6) is 0 Å². The molecule has 0 atom stereocenters. The summed E-state index contributed by atoms with van der Waals surface area (Å²) in [6.45, 7) is 4.35. The van der Waals surface area contributed by atoms with E-state index in [0.29, 0.717) is 12.1 Å². The molecule has 0 saturated heterocycles. The average Bonchev–Trinajstić information content (AvgIpc) is 2.53. The Morgan fingerprint density at radius 1 is 1.08 bits per heavy atom. The van der Waals surface area contributed by atoms with Gasteiger partial charge in [0, 0.05) is 23.6 Å². The third kappa shape index (κ3) is 4.93. The van der Waals surface area contributed by atoms with Crippen molar-refractivity contribution in [2.24, 2.45) is 0 Å². The summed E-state index contributed by atoms with van der Waals surface area (Å²) in [5, 5.41) is 2.69. The molecule has 2 aromatic rings. The normalized spacial score (nSPS) is 10.3. The summed E-state index contributed by atoms with van der Waals surface area (Å²) in [5.41, 5.74) is 3.65. The first-order chi connectivity index (χ1) is 11.4. The fourth-order valence-electron chi connectivity index (χ4n) is 2.47. The third-order valence-corrected chi connectivity index (χ3v) is 4.45. The number of halogens is 1. The van der Waals surface area contributed by atoms with Crippen molar-refractivity contribution in [1.29, 1.82) is 0 Å². The van der Waals surface area contributed by atoms with E-state index in [9.17, 15) is 9.59 Å². The van der Waals surface area contributed by atoms with Gasteiger partial charge in [-0.2, -0.15) is 0 Å². The second kappa shape index (κ2) is 8.11. The highest BCUT2D eigenvalue weighted by Crippen LogP contribution is 2.17. The largest absolute Gasteiger partial charge is 0.343 e. The maximum atomic E-state index is 12.2. The Morgan fingerprint density at radius 2 is 1.71 bits per heavy atom. The van der Waals surface area contributed by atoms with Crippen molar-refractivity contribution in [1.82, 2.24) is 10.2 Å². The number of aryl methyl sites for hydroxylation is 2. The number of nitrogens with one attached hydrogen (secondary N) is 1. The molecule has 0 saturated carbocycles. The molecule has 0 radical (unpaired) electrons. The highest BCUT2D eigenvalue weighted by molar-refractivity contribution is 9.10. The van der Waals surface area contributed by atoms with E-state index in [1.165, 1.54) is 0 Å². The minimum Gasteiger partial charge on any atom is -0.343 e. The summed E-state index contributed by atoms with van der Waals surface area (Å²) < 4.78 is 0.962. The van der Waals surface area contributed by atoms with Crippen molar-refractivity contribution in [2.75, 3.05) is 13.6 Å². The van der Waals surface area contributed by atoms with Gasteiger partial charge in [-0.15, -0.1) is 0 Å². The molecule has 0 heterocycles. The average molecular weight is 389 g/mol. The number of rotatable bonds is 5. The lowest BCUT2D eigenvalue weighted by molar-refractivity contribution is -0.129. The van der Waals surface area contributed by atoms with Crippen LogP contribution in [0.25, 0.3) is 0 Å². The number of carbonyl (C=O) groups excluding carboxylic acids is 2. The first kappa shape index (κ1) is 18.2. The van der Waals surface area contributed by atoms with Crippen LogP contribution in [0.15, 0.2) is 46.9 Å².